The van der Waals surface area contributed by atoms with E-state index in [0.717, 1.165) is 18.4 Å². The van der Waals surface area contributed by atoms with Crippen molar-refractivity contribution in [2.75, 3.05) is 4.90 Å². The van der Waals surface area contributed by atoms with Gasteiger partial charge in [-0.05, 0) is 18.4 Å². The first-order valence-corrected chi connectivity index (χ1v) is 9.09. The van der Waals surface area contributed by atoms with E-state index < -0.39 is 12.1 Å². The van der Waals surface area contributed by atoms with E-state index in [1.807, 2.05) is 44.2 Å². The number of aromatic nitrogens is 1. The zero-order valence-corrected chi connectivity index (χ0v) is 15.2. The highest BCUT2D eigenvalue weighted by Gasteiger charge is 2.27. The summed E-state index contributed by atoms with van der Waals surface area (Å²) in [6.45, 7) is 4.18. The molecule has 0 saturated heterocycles. The summed E-state index contributed by atoms with van der Waals surface area (Å²) in [5.74, 6) is -0.947. The molecule has 0 saturated carbocycles. The second-order valence-electron chi connectivity index (χ2n) is 5.57. The van der Waals surface area contributed by atoms with Crippen LogP contribution in [0.2, 0.25) is 0 Å². The lowest BCUT2D eigenvalue weighted by Gasteiger charge is -2.27. The minimum Gasteiger partial charge on any atom is -0.481 e. The van der Waals surface area contributed by atoms with Crippen molar-refractivity contribution in [2.45, 2.75) is 45.8 Å². The first-order chi connectivity index (χ1) is 12.0. The van der Waals surface area contributed by atoms with Crippen LogP contribution < -0.4 is 4.90 Å². The van der Waals surface area contributed by atoms with Gasteiger partial charge in [0.15, 0.2) is 5.13 Å². The van der Waals surface area contributed by atoms with Gasteiger partial charge in [-0.15, -0.1) is 11.3 Å². The van der Waals surface area contributed by atoms with E-state index in [2.05, 4.69) is 4.98 Å². The fraction of sp³-hybridized carbons (Fsp3) is 0.389. The van der Waals surface area contributed by atoms with E-state index >= 15 is 0 Å². The van der Waals surface area contributed by atoms with Gasteiger partial charge in [-0.1, -0.05) is 44.2 Å². The lowest BCUT2D eigenvalue weighted by Crippen LogP contribution is -2.40. The molecule has 25 heavy (non-hydrogen) atoms. The smallest absolute Gasteiger partial charge is 0.416 e. The minimum atomic E-state index is -0.947. The van der Waals surface area contributed by atoms with Gasteiger partial charge in [0.25, 0.3) is 0 Å². The Labute approximate surface area is 151 Å². The predicted octanol–water partition coefficient (Wildman–Crippen LogP) is 4.10. The number of benzene rings is 1. The molecule has 0 bridgehead atoms. The molecule has 1 amide bonds. The molecule has 0 aliphatic heterocycles. The number of carboxylic acid groups (broad SMARTS) is 1. The van der Waals surface area contributed by atoms with Crippen molar-refractivity contribution in [1.29, 1.82) is 0 Å². The third kappa shape index (κ3) is 5.29. The molecule has 2 aromatic rings. The zero-order chi connectivity index (χ0) is 18.2. The summed E-state index contributed by atoms with van der Waals surface area (Å²) in [4.78, 5) is 29.4. The molecular weight excluding hydrogens is 340 g/mol. The van der Waals surface area contributed by atoms with Gasteiger partial charge in [0.05, 0.1) is 12.1 Å². The second-order valence-corrected chi connectivity index (χ2v) is 6.41. The van der Waals surface area contributed by atoms with Crippen LogP contribution in [0.4, 0.5) is 9.93 Å². The number of hydrogen-bond donors (Lipinski definition) is 1. The monoisotopic (exact) mass is 362 g/mol. The highest BCUT2D eigenvalue weighted by Crippen LogP contribution is 2.26. The Morgan fingerprint density at radius 3 is 2.52 bits per heavy atom. The Balaban J connectivity index is 2.15. The van der Waals surface area contributed by atoms with Crippen LogP contribution >= 0.6 is 11.3 Å². The highest BCUT2D eigenvalue weighted by atomic mass is 32.1. The summed E-state index contributed by atoms with van der Waals surface area (Å²) >= 11 is 1.26. The van der Waals surface area contributed by atoms with Crippen LogP contribution in [0.3, 0.4) is 0 Å². The van der Waals surface area contributed by atoms with Crippen LogP contribution in [0.25, 0.3) is 0 Å². The van der Waals surface area contributed by atoms with Gasteiger partial charge < -0.3 is 9.84 Å². The molecule has 6 nitrogen and oxygen atoms in total. The number of aliphatic carboxylic acids is 1. The van der Waals surface area contributed by atoms with Crippen molar-refractivity contribution in [2.24, 2.45) is 0 Å². The van der Waals surface area contributed by atoms with Crippen molar-refractivity contribution >= 4 is 28.5 Å². The van der Waals surface area contributed by atoms with Crippen LogP contribution in [-0.2, 0) is 22.6 Å². The largest absolute Gasteiger partial charge is 0.481 e. The molecule has 1 N–H and O–H groups in total. The van der Waals surface area contributed by atoms with Crippen LogP contribution in [0.15, 0.2) is 35.7 Å². The van der Waals surface area contributed by atoms with Gasteiger partial charge in [0, 0.05) is 11.4 Å². The SMILES string of the molecule is CCC(CC)N(C(=O)OCc1ccccc1)c1nc(CC(=O)O)cs1. The van der Waals surface area contributed by atoms with Crippen LogP contribution in [0.1, 0.15) is 37.9 Å². The summed E-state index contributed by atoms with van der Waals surface area (Å²) < 4.78 is 5.46. The van der Waals surface area contributed by atoms with Crippen molar-refractivity contribution in [3.63, 3.8) is 0 Å². The number of anilines is 1. The number of nitrogens with zero attached hydrogens (tertiary/aromatic N) is 2. The number of carbonyl (C=O) groups excluding carboxylic acids is 1. The summed E-state index contributed by atoms with van der Waals surface area (Å²) in [6.07, 6.45) is 0.885. The molecule has 1 aromatic carbocycles. The molecular formula is C18H22N2O4S. The van der Waals surface area contributed by atoms with E-state index in [1.54, 1.807) is 10.3 Å². The Bertz CT molecular complexity index is 698. The third-order valence-electron chi connectivity index (χ3n) is 3.79. The van der Waals surface area contributed by atoms with E-state index in [1.165, 1.54) is 11.3 Å². The number of thiazole rings is 1. The van der Waals surface area contributed by atoms with Crippen molar-refractivity contribution < 1.29 is 19.4 Å². The Morgan fingerprint density at radius 1 is 1.24 bits per heavy atom. The number of carbonyl (C=O) groups is 2. The maximum atomic E-state index is 12.7. The first kappa shape index (κ1) is 18.9. The predicted molar refractivity (Wildman–Crippen MR) is 96.9 cm³/mol. The van der Waals surface area contributed by atoms with Gasteiger partial charge in [-0.2, -0.15) is 0 Å². The Morgan fingerprint density at radius 2 is 1.92 bits per heavy atom. The molecule has 0 aliphatic rings. The lowest BCUT2D eigenvalue weighted by atomic mass is 10.1. The van der Waals surface area contributed by atoms with Crippen LogP contribution in [0.5, 0.6) is 0 Å². The summed E-state index contributed by atoms with van der Waals surface area (Å²) in [5.41, 5.74) is 1.35. The van der Waals surface area contributed by atoms with Crippen molar-refractivity contribution in [1.82, 2.24) is 4.98 Å². The zero-order valence-electron chi connectivity index (χ0n) is 14.3. The normalized spacial score (nSPS) is 10.7. The average molecular weight is 362 g/mol. The lowest BCUT2D eigenvalue weighted by molar-refractivity contribution is -0.136. The van der Waals surface area contributed by atoms with E-state index in [9.17, 15) is 9.59 Å². The first-order valence-electron chi connectivity index (χ1n) is 8.21. The van der Waals surface area contributed by atoms with Crippen LogP contribution in [-0.4, -0.2) is 28.2 Å². The number of rotatable bonds is 8. The Hall–Kier alpha value is -2.41. The highest BCUT2D eigenvalue weighted by molar-refractivity contribution is 7.14. The molecule has 0 spiro atoms. The third-order valence-corrected chi connectivity index (χ3v) is 4.68. The summed E-state index contributed by atoms with van der Waals surface area (Å²) in [6, 6.07) is 9.42. The van der Waals surface area contributed by atoms with Gasteiger partial charge in [-0.3, -0.25) is 4.79 Å². The topological polar surface area (TPSA) is 79.7 Å². The number of ether oxygens (including phenoxy) is 1. The molecule has 1 aromatic heterocycles. The second kappa shape index (κ2) is 9.17. The van der Waals surface area contributed by atoms with Crippen molar-refractivity contribution in [3.05, 3.63) is 47.0 Å². The van der Waals surface area contributed by atoms with Gasteiger partial charge in [0.2, 0.25) is 0 Å². The number of hydrogen-bond acceptors (Lipinski definition) is 5. The fourth-order valence-corrected chi connectivity index (χ4v) is 3.35. The van der Waals surface area contributed by atoms with Crippen molar-refractivity contribution in [3.8, 4) is 0 Å². The molecule has 0 fully saturated rings. The maximum Gasteiger partial charge on any atom is 0.416 e. The van der Waals surface area contributed by atoms with Gasteiger partial charge in [0.1, 0.15) is 6.61 Å². The number of carboxylic acids is 1. The Kier molecular flexibility index (Phi) is 6.94. The van der Waals surface area contributed by atoms with Crippen LogP contribution in [0, 0.1) is 0 Å². The molecule has 2 rings (SSSR count). The molecule has 0 unspecified atom stereocenters. The number of amides is 1. The summed E-state index contributed by atoms with van der Waals surface area (Å²) in [5, 5.41) is 11.0. The molecule has 0 radical (unpaired) electrons. The molecule has 0 aliphatic carbocycles. The maximum absolute atomic E-state index is 12.7. The molecule has 134 valence electrons. The standard InChI is InChI=1S/C18H22N2O4S/c1-3-15(4-2)20(17-19-14(12-25-17)10-16(21)22)18(23)24-11-13-8-6-5-7-9-13/h5-9,12,15H,3-4,10-11H2,1-2H3,(H,21,22). The molecule has 7 heteroatoms. The molecule has 0 atom stereocenters. The molecule has 1 heterocycles. The van der Waals surface area contributed by atoms with E-state index in [0.29, 0.717) is 10.8 Å². The quantitative estimate of drug-likeness (QED) is 0.765. The van der Waals surface area contributed by atoms with E-state index in [4.69, 9.17) is 9.84 Å². The van der Waals surface area contributed by atoms with E-state index in [-0.39, 0.29) is 19.1 Å². The average Bonchev–Trinajstić information content (AvgIpc) is 3.05. The van der Waals surface area contributed by atoms with Gasteiger partial charge >= 0.3 is 12.1 Å². The fourth-order valence-electron chi connectivity index (χ4n) is 2.47. The van der Waals surface area contributed by atoms with Gasteiger partial charge in [-0.25, -0.2) is 14.7 Å². The minimum absolute atomic E-state index is 0.0490. The summed E-state index contributed by atoms with van der Waals surface area (Å²) in [7, 11) is 0.